The van der Waals surface area contributed by atoms with E-state index in [1.165, 1.54) is 16.8 Å². The number of benzene rings is 1. The summed E-state index contributed by atoms with van der Waals surface area (Å²) in [6, 6.07) is 4.58. The molecule has 0 saturated heterocycles. The van der Waals surface area contributed by atoms with Gasteiger partial charge in [-0.05, 0) is 39.0 Å². The number of nitrogens with one attached hydrogen (secondary N) is 1. The molecule has 21 heavy (non-hydrogen) atoms. The van der Waals surface area contributed by atoms with Crippen LogP contribution in [0.4, 0.5) is 10.6 Å². The fourth-order valence-corrected chi connectivity index (χ4v) is 1.88. The van der Waals surface area contributed by atoms with Crippen molar-refractivity contribution in [3.8, 4) is 0 Å². The summed E-state index contributed by atoms with van der Waals surface area (Å²) >= 11 is 0. The smallest absolute Gasteiger partial charge is 0.413 e. The van der Waals surface area contributed by atoms with Crippen molar-refractivity contribution in [2.45, 2.75) is 26.4 Å². The third-order valence-electron chi connectivity index (χ3n) is 2.72. The molecular weight excluding hydrogens is 274 g/mol. The molecule has 1 heterocycles. The number of amides is 1. The lowest BCUT2D eigenvalue weighted by molar-refractivity contribution is 0.0633. The lowest BCUT2D eigenvalue weighted by atomic mass is 10.1. The summed E-state index contributed by atoms with van der Waals surface area (Å²) in [6.45, 7) is 5.30. The molecule has 0 spiro atoms. The predicted molar refractivity (Wildman–Crippen MR) is 77.5 cm³/mol. The average molecular weight is 291 g/mol. The fourth-order valence-electron chi connectivity index (χ4n) is 1.88. The highest BCUT2D eigenvalue weighted by Crippen LogP contribution is 2.24. The van der Waals surface area contributed by atoms with Crippen LogP contribution in [0.2, 0.25) is 0 Å². The molecule has 0 bridgehead atoms. The molecule has 0 aliphatic rings. The maximum Gasteiger partial charge on any atom is 0.413 e. The van der Waals surface area contributed by atoms with Crippen molar-refractivity contribution >= 4 is 28.8 Å². The zero-order valence-corrected chi connectivity index (χ0v) is 12.3. The molecule has 2 N–H and O–H groups in total. The number of aryl methyl sites for hydroxylation is 1. The molecule has 7 nitrogen and oxygen atoms in total. The Morgan fingerprint density at radius 3 is 2.57 bits per heavy atom. The molecule has 2 rings (SSSR count). The molecule has 0 radical (unpaired) electrons. The van der Waals surface area contributed by atoms with Crippen molar-refractivity contribution in [3.63, 3.8) is 0 Å². The molecular formula is C14H17N3O4. The molecule has 1 aromatic carbocycles. The molecule has 0 saturated carbocycles. The first-order valence-electron chi connectivity index (χ1n) is 6.37. The van der Waals surface area contributed by atoms with E-state index in [2.05, 4.69) is 10.4 Å². The van der Waals surface area contributed by atoms with Gasteiger partial charge in [0.1, 0.15) is 5.60 Å². The second-order valence-corrected chi connectivity index (χ2v) is 5.64. The number of fused-ring (bicyclic) bond motifs is 1. The molecule has 112 valence electrons. The topological polar surface area (TPSA) is 93.5 Å². The van der Waals surface area contributed by atoms with Crippen molar-refractivity contribution < 1.29 is 19.4 Å². The van der Waals surface area contributed by atoms with Gasteiger partial charge >= 0.3 is 12.1 Å². The van der Waals surface area contributed by atoms with Crippen molar-refractivity contribution in [1.29, 1.82) is 0 Å². The van der Waals surface area contributed by atoms with Crippen LogP contribution in [0.5, 0.6) is 0 Å². The number of rotatable bonds is 2. The average Bonchev–Trinajstić information content (AvgIpc) is 2.63. The number of nitrogens with zero attached hydrogens (tertiary/aromatic N) is 2. The normalized spacial score (nSPS) is 11.4. The number of ether oxygens (including phenoxy) is 1. The Bertz CT molecular complexity index is 713. The zero-order valence-electron chi connectivity index (χ0n) is 12.3. The quantitative estimate of drug-likeness (QED) is 0.887. The summed E-state index contributed by atoms with van der Waals surface area (Å²) in [5, 5.41) is 16.4. The van der Waals surface area contributed by atoms with Gasteiger partial charge in [-0.15, -0.1) is 0 Å². The van der Waals surface area contributed by atoms with Crippen LogP contribution in [0.3, 0.4) is 0 Å². The number of carboxylic acids is 1. The van der Waals surface area contributed by atoms with Crippen molar-refractivity contribution in [2.24, 2.45) is 7.05 Å². The standard InChI is InChI=1S/C14H17N3O4/c1-14(2,3)21-13(20)15-11-9-6-5-8(12(18)19)7-10(9)17(4)16-11/h5-7H,1-4H3,(H,18,19)(H,15,16,20). The van der Waals surface area contributed by atoms with Gasteiger partial charge in [0, 0.05) is 12.4 Å². The molecule has 0 atom stereocenters. The largest absolute Gasteiger partial charge is 0.478 e. The number of hydrogen-bond acceptors (Lipinski definition) is 4. The minimum Gasteiger partial charge on any atom is -0.478 e. The van der Waals surface area contributed by atoms with Crippen LogP contribution in [0.1, 0.15) is 31.1 Å². The second-order valence-electron chi connectivity index (χ2n) is 5.64. The van der Waals surface area contributed by atoms with Gasteiger partial charge in [0.15, 0.2) is 5.82 Å². The Hall–Kier alpha value is -2.57. The predicted octanol–water partition coefficient (Wildman–Crippen LogP) is 2.62. The summed E-state index contributed by atoms with van der Waals surface area (Å²) in [5.74, 6) is -0.682. The van der Waals surface area contributed by atoms with Crippen molar-refractivity contribution in [3.05, 3.63) is 23.8 Å². The SMILES string of the molecule is Cn1nc(NC(=O)OC(C)(C)C)c2ccc(C(=O)O)cc21. The highest BCUT2D eigenvalue weighted by atomic mass is 16.6. The van der Waals surface area contributed by atoms with Crippen LogP contribution in [-0.4, -0.2) is 32.6 Å². The Labute approximate surface area is 121 Å². The monoisotopic (exact) mass is 291 g/mol. The van der Waals surface area contributed by atoms with E-state index in [0.717, 1.165) is 0 Å². The van der Waals surface area contributed by atoms with Crippen LogP contribution in [0.25, 0.3) is 10.9 Å². The summed E-state index contributed by atoms with van der Waals surface area (Å²) < 4.78 is 6.68. The number of carbonyl (C=O) groups is 2. The minimum absolute atomic E-state index is 0.161. The Kier molecular flexibility index (Phi) is 3.59. The summed E-state index contributed by atoms with van der Waals surface area (Å²) in [7, 11) is 1.67. The lowest BCUT2D eigenvalue weighted by Gasteiger charge is -2.19. The van der Waals surface area contributed by atoms with E-state index in [9.17, 15) is 9.59 Å². The third-order valence-corrected chi connectivity index (χ3v) is 2.72. The first kappa shape index (κ1) is 14.8. The number of carbonyl (C=O) groups excluding carboxylic acids is 1. The fraction of sp³-hybridized carbons (Fsp3) is 0.357. The van der Waals surface area contributed by atoms with Crippen LogP contribution in [0.15, 0.2) is 18.2 Å². The summed E-state index contributed by atoms with van der Waals surface area (Å²) in [4.78, 5) is 22.8. The molecule has 7 heteroatoms. The molecule has 0 aliphatic carbocycles. The molecule has 0 unspecified atom stereocenters. The summed E-state index contributed by atoms with van der Waals surface area (Å²) in [5.41, 5.74) is 0.167. The van der Waals surface area contributed by atoms with Gasteiger partial charge in [0.25, 0.3) is 0 Å². The van der Waals surface area contributed by atoms with Crippen LogP contribution < -0.4 is 5.32 Å². The first-order valence-corrected chi connectivity index (χ1v) is 6.37. The van der Waals surface area contributed by atoms with Crippen molar-refractivity contribution in [2.75, 3.05) is 5.32 Å². The van der Waals surface area contributed by atoms with E-state index in [1.807, 2.05) is 0 Å². The molecule has 1 aromatic heterocycles. The van der Waals surface area contributed by atoms with Crippen LogP contribution in [-0.2, 0) is 11.8 Å². The minimum atomic E-state index is -1.01. The van der Waals surface area contributed by atoms with E-state index in [4.69, 9.17) is 9.84 Å². The Morgan fingerprint density at radius 1 is 1.33 bits per heavy atom. The van der Waals surface area contributed by atoms with E-state index in [1.54, 1.807) is 33.9 Å². The van der Waals surface area contributed by atoms with Crippen molar-refractivity contribution in [1.82, 2.24) is 9.78 Å². The highest BCUT2D eigenvalue weighted by Gasteiger charge is 2.19. The van der Waals surface area contributed by atoms with Crippen LogP contribution >= 0.6 is 0 Å². The van der Waals surface area contributed by atoms with Gasteiger partial charge in [0.2, 0.25) is 0 Å². The van der Waals surface area contributed by atoms with Gasteiger partial charge in [-0.25, -0.2) is 9.59 Å². The lowest BCUT2D eigenvalue weighted by Crippen LogP contribution is -2.27. The molecule has 0 fully saturated rings. The van der Waals surface area contributed by atoms with E-state index < -0.39 is 17.7 Å². The highest BCUT2D eigenvalue weighted by molar-refractivity contribution is 6.00. The van der Waals surface area contributed by atoms with E-state index in [0.29, 0.717) is 16.7 Å². The van der Waals surface area contributed by atoms with Crippen LogP contribution in [0, 0.1) is 0 Å². The summed E-state index contributed by atoms with van der Waals surface area (Å²) in [6.07, 6.45) is -0.607. The number of anilines is 1. The molecule has 2 aromatic rings. The number of carboxylic acid groups (broad SMARTS) is 1. The van der Waals surface area contributed by atoms with Gasteiger partial charge in [-0.3, -0.25) is 10.00 Å². The maximum atomic E-state index is 11.8. The van der Waals surface area contributed by atoms with E-state index >= 15 is 0 Å². The number of aromatic nitrogens is 2. The van der Waals surface area contributed by atoms with Gasteiger partial charge in [-0.2, -0.15) is 5.10 Å². The Morgan fingerprint density at radius 2 is 2.00 bits per heavy atom. The Balaban J connectivity index is 2.34. The molecule has 0 aliphatic heterocycles. The zero-order chi connectivity index (χ0) is 15.8. The number of aromatic carboxylic acids is 1. The van der Waals surface area contributed by atoms with Gasteiger partial charge in [-0.1, -0.05) is 0 Å². The second kappa shape index (κ2) is 5.08. The number of hydrogen-bond donors (Lipinski definition) is 2. The van der Waals surface area contributed by atoms with E-state index in [-0.39, 0.29) is 5.56 Å². The van der Waals surface area contributed by atoms with Gasteiger partial charge in [0.05, 0.1) is 11.1 Å². The third kappa shape index (κ3) is 3.31. The maximum absolute atomic E-state index is 11.8. The van der Waals surface area contributed by atoms with Gasteiger partial charge < -0.3 is 9.84 Å². The molecule has 1 amide bonds. The first-order chi connectivity index (χ1) is 9.67.